The van der Waals surface area contributed by atoms with Crippen LogP contribution in [0.4, 0.5) is 14.9 Å². The number of hydrogen-bond acceptors (Lipinski definition) is 2. The number of rotatable bonds is 4. The van der Waals surface area contributed by atoms with Gasteiger partial charge in [0.15, 0.2) is 0 Å². The fourth-order valence-electron chi connectivity index (χ4n) is 1.29. The highest BCUT2D eigenvalue weighted by Crippen LogP contribution is 2.07. The first-order valence-electron chi connectivity index (χ1n) is 5.63. The number of benzene rings is 1. The number of halogens is 1. The average Bonchev–Trinajstić information content (AvgIpc) is 2.32. The van der Waals surface area contributed by atoms with E-state index in [1.54, 1.807) is 13.8 Å². The van der Waals surface area contributed by atoms with Crippen molar-refractivity contribution in [3.05, 3.63) is 30.1 Å². The minimum atomic E-state index is -0.634. The molecule has 0 fully saturated rings. The van der Waals surface area contributed by atoms with Crippen LogP contribution in [-0.2, 0) is 4.79 Å². The zero-order chi connectivity index (χ0) is 13.5. The molecule has 0 radical (unpaired) electrons. The van der Waals surface area contributed by atoms with E-state index in [9.17, 15) is 14.0 Å². The molecule has 0 aliphatic carbocycles. The van der Waals surface area contributed by atoms with E-state index in [1.165, 1.54) is 24.3 Å². The summed E-state index contributed by atoms with van der Waals surface area (Å²) in [4.78, 5) is 22.9. The van der Waals surface area contributed by atoms with Gasteiger partial charge in [-0.25, -0.2) is 9.18 Å². The van der Waals surface area contributed by atoms with Crippen molar-refractivity contribution in [3.8, 4) is 0 Å². The molecule has 0 saturated carbocycles. The third-order valence-electron chi connectivity index (χ3n) is 2.19. The van der Waals surface area contributed by atoms with Crippen molar-refractivity contribution in [2.75, 3.05) is 11.9 Å². The number of likely N-dealkylation sites (N-methyl/N-ethyl adjacent to an activating group) is 1. The van der Waals surface area contributed by atoms with E-state index in [-0.39, 0.29) is 11.7 Å². The van der Waals surface area contributed by atoms with Crippen LogP contribution in [0.3, 0.4) is 0 Å². The van der Waals surface area contributed by atoms with Gasteiger partial charge in [0.25, 0.3) is 0 Å². The number of amides is 3. The zero-order valence-corrected chi connectivity index (χ0v) is 10.3. The third-order valence-corrected chi connectivity index (χ3v) is 2.19. The van der Waals surface area contributed by atoms with Crippen LogP contribution in [0.2, 0.25) is 0 Å². The topological polar surface area (TPSA) is 70.2 Å². The Kier molecular flexibility index (Phi) is 5.10. The Labute approximate surface area is 105 Å². The molecule has 1 atom stereocenters. The lowest BCUT2D eigenvalue weighted by molar-refractivity contribution is -0.122. The van der Waals surface area contributed by atoms with Gasteiger partial charge in [0, 0.05) is 12.2 Å². The summed E-state index contributed by atoms with van der Waals surface area (Å²) in [7, 11) is 0. The van der Waals surface area contributed by atoms with E-state index in [1.807, 2.05) is 0 Å². The molecule has 0 bridgehead atoms. The van der Waals surface area contributed by atoms with Crippen LogP contribution in [0.5, 0.6) is 0 Å². The lowest BCUT2D eigenvalue weighted by atomic mass is 10.3. The number of carbonyl (C=O) groups is 2. The van der Waals surface area contributed by atoms with Crippen LogP contribution in [0.15, 0.2) is 24.3 Å². The molecule has 6 heteroatoms. The Morgan fingerprint density at radius 2 is 1.89 bits per heavy atom. The van der Waals surface area contributed by atoms with E-state index < -0.39 is 12.1 Å². The molecule has 3 N–H and O–H groups in total. The summed E-state index contributed by atoms with van der Waals surface area (Å²) in [5, 5.41) is 7.56. The molecule has 0 unspecified atom stereocenters. The third kappa shape index (κ3) is 4.40. The van der Waals surface area contributed by atoms with Gasteiger partial charge in [-0.15, -0.1) is 0 Å². The molecule has 18 heavy (non-hydrogen) atoms. The fourth-order valence-corrected chi connectivity index (χ4v) is 1.29. The second-order valence-electron chi connectivity index (χ2n) is 3.72. The van der Waals surface area contributed by atoms with E-state index in [2.05, 4.69) is 16.0 Å². The number of hydrogen-bond donors (Lipinski definition) is 3. The van der Waals surface area contributed by atoms with Crippen LogP contribution in [0.25, 0.3) is 0 Å². The summed E-state index contributed by atoms with van der Waals surface area (Å²) in [6, 6.07) is 4.20. The Bertz CT molecular complexity index is 420. The molecule has 1 aromatic carbocycles. The molecule has 98 valence electrons. The fraction of sp³-hybridized carbons (Fsp3) is 0.333. The molecule has 0 aliphatic heterocycles. The molecular weight excluding hydrogens is 237 g/mol. The van der Waals surface area contributed by atoms with Gasteiger partial charge in [-0.2, -0.15) is 0 Å². The van der Waals surface area contributed by atoms with Gasteiger partial charge >= 0.3 is 6.03 Å². The first kappa shape index (κ1) is 14.0. The van der Waals surface area contributed by atoms with Crippen LogP contribution in [-0.4, -0.2) is 24.5 Å². The van der Waals surface area contributed by atoms with Gasteiger partial charge in [-0.05, 0) is 38.1 Å². The first-order valence-corrected chi connectivity index (χ1v) is 5.63. The maximum atomic E-state index is 12.6. The molecule has 0 saturated heterocycles. The Morgan fingerprint density at radius 3 is 2.44 bits per heavy atom. The number of anilines is 1. The SMILES string of the molecule is CCNC(=O)[C@H](C)NC(=O)Nc1ccc(F)cc1. The Morgan fingerprint density at radius 1 is 1.28 bits per heavy atom. The number of carbonyl (C=O) groups excluding carboxylic acids is 2. The van der Waals surface area contributed by atoms with E-state index >= 15 is 0 Å². The van der Waals surface area contributed by atoms with Gasteiger partial charge in [0.1, 0.15) is 11.9 Å². The van der Waals surface area contributed by atoms with Gasteiger partial charge in [-0.3, -0.25) is 4.79 Å². The Balaban J connectivity index is 2.46. The predicted octanol–water partition coefficient (Wildman–Crippen LogP) is 1.47. The molecule has 0 spiro atoms. The summed E-state index contributed by atoms with van der Waals surface area (Å²) in [5.41, 5.74) is 0.456. The minimum Gasteiger partial charge on any atom is -0.355 e. The Hall–Kier alpha value is -2.11. The first-order chi connectivity index (χ1) is 8.52. The number of urea groups is 1. The van der Waals surface area contributed by atoms with Crippen molar-refractivity contribution in [2.24, 2.45) is 0 Å². The predicted molar refractivity (Wildman–Crippen MR) is 66.7 cm³/mol. The average molecular weight is 253 g/mol. The van der Waals surface area contributed by atoms with Crippen LogP contribution >= 0.6 is 0 Å². The van der Waals surface area contributed by atoms with Gasteiger partial charge in [-0.1, -0.05) is 0 Å². The minimum absolute atomic E-state index is 0.258. The van der Waals surface area contributed by atoms with Crippen molar-refractivity contribution in [3.63, 3.8) is 0 Å². The van der Waals surface area contributed by atoms with Crippen LogP contribution < -0.4 is 16.0 Å². The molecular formula is C12H16FN3O2. The summed E-state index contributed by atoms with van der Waals surface area (Å²) >= 11 is 0. The van der Waals surface area contributed by atoms with Gasteiger partial charge < -0.3 is 16.0 Å². The molecule has 0 aromatic heterocycles. The normalized spacial score (nSPS) is 11.5. The summed E-state index contributed by atoms with van der Waals surface area (Å²) in [6.07, 6.45) is 0. The van der Waals surface area contributed by atoms with Crippen LogP contribution in [0, 0.1) is 5.82 Å². The molecule has 1 aromatic rings. The highest BCUT2D eigenvalue weighted by molar-refractivity contribution is 5.93. The molecule has 0 heterocycles. The lowest BCUT2D eigenvalue weighted by Gasteiger charge is -2.14. The lowest BCUT2D eigenvalue weighted by Crippen LogP contribution is -2.46. The second kappa shape index (κ2) is 6.58. The highest BCUT2D eigenvalue weighted by Gasteiger charge is 2.14. The van der Waals surface area contributed by atoms with Crippen molar-refractivity contribution < 1.29 is 14.0 Å². The molecule has 0 aliphatic rings. The van der Waals surface area contributed by atoms with Crippen molar-refractivity contribution in [1.82, 2.24) is 10.6 Å². The zero-order valence-electron chi connectivity index (χ0n) is 10.3. The van der Waals surface area contributed by atoms with E-state index in [0.717, 1.165) is 0 Å². The van der Waals surface area contributed by atoms with Gasteiger partial charge in [0.05, 0.1) is 0 Å². The maximum Gasteiger partial charge on any atom is 0.319 e. The van der Waals surface area contributed by atoms with Crippen molar-refractivity contribution in [2.45, 2.75) is 19.9 Å². The summed E-state index contributed by atoms with van der Waals surface area (Å²) in [5.74, 6) is -0.636. The largest absolute Gasteiger partial charge is 0.355 e. The van der Waals surface area contributed by atoms with Crippen molar-refractivity contribution >= 4 is 17.6 Å². The molecule has 5 nitrogen and oxygen atoms in total. The quantitative estimate of drug-likeness (QED) is 0.760. The molecule has 1 rings (SSSR count). The number of nitrogens with one attached hydrogen (secondary N) is 3. The smallest absolute Gasteiger partial charge is 0.319 e. The van der Waals surface area contributed by atoms with E-state index in [4.69, 9.17) is 0 Å². The molecule has 3 amide bonds. The van der Waals surface area contributed by atoms with Crippen LogP contribution in [0.1, 0.15) is 13.8 Å². The second-order valence-corrected chi connectivity index (χ2v) is 3.72. The van der Waals surface area contributed by atoms with E-state index in [0.29, 0.717) is 12.2 Å². The highest BCUT2D eigenvalue weighted by atomic mass is 19.1. The maximum absolute atomic E-state index is 12.6. The summed E-state index contributed by atoms with van der Waals surface area (Å²) in [6.45, 7) is 3.88. The summed E-state index contributed by atoms with van der Waals surface area (Å²) < 4.78 is 12.6. The monoisotopic (exact) mass is 253 g/mol. The standard InChI is InChI=1S/C12H16FN3O2/c1-3-14-11(17)8(2)15-12(18)16-10-6-4-9(13)5-7-10/h4-8H,3H2,1-2H3,(H,14,17)(H2,15,16,18)/t8-/m0/s1. The van der Waals surface area contributed by atoms with Crippen molar-refractivity contribution in [1.29, 1.82) is 0 Å². The van der Waals surface area contributed by atoms with Gasteiger partial charge in [0.2, 0.25) is 5.91 Å².